The van der Waals surface area contributed by atoms with Crippen molar-refractivity contribution in [1.82, 2.24) is 0 Å². The molecule has 0 aliphatic carbocycles. The van der Waals surface area contributed by atoms with Crippen LogP contribution in [0, 0.1) is 0 Å². The summed E-state index contributed by atoms with van der Waals surface area (Å²) in [6.45, 7) is -0.143. The summed E-state index contributed by atoms with van der Waals surface area (Å²) in [7, 11) is 0. The van der Waals surface area contributed by atoms with E-state index in [2.05, 4.69) is 10.6 Å². The van der Waals surface area contributed by atoms with Gasteiger partial charge in [0.1, 0.15) is 11.0 Å². The van der Waals surface area contributed by atoms with Crippen LogP contribution in [0.15, 0.2) is 108 Å². The maximum atomic E-state index is 13.4. The number of halogens is 1. The van der Waals surface area contributed by atoms with E-state index in [1.807, 2.05) is 54.6 Å². The highest BCUT2D eigenvalue weighted by atomic mass is 35.5. The van der Waals surface area contributed by atoms with Crippen LogP contribution in [0.3, 0.4) is 0 Å². The van der Waals surface area contributed by atoms with E-state index in [0.717, 1.165) is 10.5 Å². The van der Waals surface area contributed by atoms with Crippen molar-refractivity contribution in [2.75, 3.05) is 17.2 Å². The van der Waals surface area contributed by atoms with Crippen molar-refractivity contribution < 1.29 is 24.2 Å². The molecule has 1 atom stereocenters. The Morgan fingerprint density at radius 1 is 0.816 bits per heavy atom. The van der Waals surface area contributed by atoms with E-state index in [1.165, 1.54) is 23.9 Å². The van der Waals surface area contributed by atoms with Gasteiger partial charge in [-0.3, -0.25) is 9.59 Å². The summed E-state index contributed by atoms with van der Waals surface area (Å²) in [5, 5.41) is 14.4. The van der Waals surface area contributed by atoms with Crippen molar-refractivity contribution in [1.29, 1.82) is 0 Å². The van der Waals surface area contributed by atoms with Crippen molar-refractivity contribution in [3.63, 3.8) is 0 Å². The molecule has 0 fully saturated rings. The second kappa shape index (κ2) is 12.8. The topological polar surface area (TPSA) is 105 Å². The first kappa shape index (κ1) is 26.8. The van der Waals surface area contributed by atoms with Crippen LogP contribution in [-0.4, -0.2) is 29.5 Å². The molecule has 0 bridgehead atoms. The quantitative estimate of drug-likeness (QED) is 0.195. The molecule has 38 heavy (non-hydrogen) atoms. The number of carbonyl (C=O) groups excluding carboxylic acids is 2. The van der Waals surface area contributed by atoms with Gasteiger partial charge in [0.05, 0.1) is 10.6 Å². The fourth-order valence-electron chi connectivity index (χ4n) is 3.52. The summed E-state index contributed by atoms with van der Waals surface area (Å²) < 4.78 is 5.50. The molecule has 2 amide bonds. The lowest BCUT2D eigenvalue weighted by Crippen LogP contribution is -2.20. The van der Waals surface area contributed by atoms with Gasteiger partial charge >= 0.3 is 5.97 Å². The summed E-state index contributed by atoms with van der Waals surface area (Å²) in [5.41, 5.74) is 1.53. The summed E-state index contributed by atoms with van der Waals surface area (Å²) in [4.78, 5) is 37.9. The number of rotatable bonds is 10. The van der Waals surface area contributed by atoms with E-state index in [1.54, 1.807) is 36.4 Å². The van der Waals surface area contributed by atoms with Gasteiger partial charge in [-0.15, -0.1) is 11.8 Å². The van der Waals surface area contributed by atoms with E-state index in [4.69, 9.17) is 16.3 Å². The predicted molar refractivity (Wildman–Crippen MR) is 149 cm³/mol. The molecule has 4 rings (SSSR count). The van der Waals surface area contributed by atoms with Crippen molar-refractivity contribution in [3.8, 4) is 5.75 Å². The Balaban J connectivity index is 1.48. The van der Waals surface area contributed by atoms with Crippen LogP contribution in [-0.2, 0) is 9.59 Å². The number of para-hydroxylation sites is 1. The zero-order valence-electron chi connectivity index (χ0n) is 20.0. The monoisotopic (exact) mass is 546 g/mol. The third-order valence-electron chi connectivity index (χ3n) is 5.29. The molecule has 192 valence electrons. The number of anilines is 2. The third kappa shape index (κ3) is 7.38. The van der Waals surface area contributed by atoms with Crippen LogP contribution < -0.4 is 15.4 Å². The molecular formula is C29H23ClN2O5S. The zero-order chi connectivity index (χ0) is 26.9. The first-order valence-electron chi connectivity index (χ1n) is 11.5. The molecule has 0 aliphatic rings. The van der Waals surface area contributed by atoms with Gasteiger partial charge in [0, 0.05) is 16.3 Å². The summed E-state index contributed by atoms with van der Waals surface area (Å²) in [6.07, 6.45) is 0. The fraction of sp³-hybridized carbons (Fsp3) is 0.0690. The highest BCUT2D eigenvalue weighted by Gasteiger charge is 2.23. The summed E-state index contributed by atoms with van der Waals surface area (Å²) in [5.74, 6) is -1.25. The van der Waals surface area contributed by atoms with Crippen molar-refractivity contribution >= 4 is 52.5 Å². The Bertz CT molecular complexity index is 1430. The van der Waals surface area contributed by atoms with Gasteiger partial charge in [0.25, 0.3) is 5.91 Å². The molecule has 4 aromatic carbocycles. The third-order valence-corrected chi connectivity index (χ3v) is 6.87. The number of nitrogens with one attached hydrogen (secondary N) is 2. The maximum Gasteiger partial charge on any atom is 0.337 e. The van der Waals surface area contributed by atoms with E-state index in [0.29, 0.717) is 17.1 Å². The van der Waals surface area contributed by atoms with Gasteiger partial charge in [-0.2, -0.15) is 0 Å². The SMILES string of the molecule is O=C(COc1ccccc1)Nc1cccc(SC(C(=O)Nc2ccc(Cl)c(C(=O)O)c2)c2ccccc2)c1. The van der Waals surface area contributed by atoms with Crippen LogP contribution >= 0.6 is 23.4 Å². The van der Waals surface area contributed by atoms with E-state index >= 15 is 0 Å². The number of carbonyl (C=O) groups is 3. The number of carboxylic acid groups (broad SMARTS) is 1. The molecule has 0 spiro atoms. The Morgan fingerprint density at radius 3 is 2.21 bits per heavy atom. The largest absolute Gasteiger partial charge is 0.484 e. The second-order valence-electron chi connectivity index (χ2n) is 8.08. The average Bonchev–Trinajstić information content (AvgIpc) is 2.92. The first-order chi connectivity index (χ1) is 18.4. The Hall–Kier alpha value is -4.27. The molecule has 0 heterocycles. The molecular weight excluding hydrogens is 524 g/mol. The molecule has 1 unspecified atom stereocenters. The Labute approximate surface area is 228 Å². The molecule has 3 N–H and O–H groups in total. The zero-order valence-corrected chi connectivity index (χ0v) is 21.5. The Kier molecular flexibility index (Phi) is 9.02. The van der Waals surface area contributed by atoms with Crippen LogP contribution in [0.25, 0.3) is 0 Å². The van der Waals surface area contributed by atoms with Crippen LogP contribution in [0.2, 0.25) is 5.02 Å². The highest BCUT2D eigenvalue weighted by molar-refractivity contribution is 8.00. The molecule has 0 saturated heterocycles. The molecule has 0 aromatic heterocycles. The molecule has 7 nitrogen and oxygen atoms in total. The van der Waals surface area contributed by atoms with Gasteiger partial charge < -0.3 is 20.5 Å². The van der Waals surface area contributed by atoms with Crippen LogP contribution in [0.1, 0.15) is 21.2 Å². The standard InChI is InChI=1S/C29H23ClN2O5S/c30-25-15-14-21(17-24(25)29(35)36)32-28(34)27(19-8-3-1-4-9-19)38-23-13-7-10-20(16-23)31-26(33)18-37-22-11-5-2-6-12-22/h1-17,27H,18H2,(H,31,33)(H,32,34)(H,35,36). The van der Waals surface area contributed by atoms with Crippen molar-refractivity contribution in [2.24, 2.45) is 0 Å². The van der Waals surface area contributed by atoms with Crippen LogP contribution in [0.4, 0.5) is 11.4 Å². The minimum Gasteiger partial charge on any atom is -0.484 e. The number of amides is 2. The maximum absolute atomic E-state index is 13.4. The smallest absolute Gasteiger partial charge is 0.337 e. The highest BCUT2D eigenvalue weighted by Crippen LogP contribution is 2.37. The van der Waals surface area contributed by atoms with Gasteiger partial charge in [0.2, 0.25) is 5.91 Å². The summed E-state index contributed by atoms with van der Waals surface area (Å²) in [6, 6.07) is 29.7. The molecule has 9 heteroatoms. The number of aromatic carboxylic acids is 1. The van der Waals surface area contributed by atoms with E-state index < -0.39 is 11.2 Å². The van der Waals surface area contributed by atoms with Crippen LogP contribution in [0.5, 0.6) is 5.75 Å². The number of hydrogen-bond donors (Lipinski definition) is 3. The van der Waals surface area contributed by atoms with Gasteiger partial charge in [0.15, 0.2) is 6.61 Å². The molecule has 0 aliphatic heterocycles. The van der Waals surface area contributed by atoms with Crippen molar-refractivity contribution in [2.45, 2.75) is 10.1 Å². The van der Waals surface area contributed by atoms with Gasteiger partial charge in [-0.25, -0.2) is 4.79 Å². The number of carboxylic acids is 1. The predicted octanol–water partition coefficient (Wildman–Crippen LogP) is 6.53. The fourth-order valence-corrected chi connectivity index (χ4v) is 4.80. The second-order valence-corrected chi connectivity index (χ2v) is 9.66. The van der Waals surface area contributed by atoms with Gasteiger partial charge in [-0.05, 0) is 54.1 Å². The number of hydrogen-bond acceptors (Lipinski definition) is 5. The lowest BCUT2D eigenvalue weighted by atomic mass is 10.1. The molecule has 0 saturated carbocycles. The van der Waals surface area contributed by atoms with E-state index in [-0.39, 0.29) is 29.0 Å². The van der Waals surface area contributed by atoms with E-state index in [9.17, 15) is 19.5 Å². The average molecular weight is 547 g/mol. The van der Waals surface area contributed by atoms with Gasteiger partial charge in [-0.1, -0.05) is 66.2 Å². The minimum absolute atomic E-state index is 0.0810. The Morgan fingerprint density at radius 2 is 1.50 bits per heavy atom. The lowest BCUT2D eigenvalue weighted by Gasteiger charge is -2.18. The summed E-state index contributed by atoms with van der Waals surface area (Å²) >= 11 is 7.26. The number of ether oxygens (including phenoxy) is 1. The first-order valence-corrected chi connectivity index (χ1v) is 12.8. The molecule has 0 radical (unpaired) electrons. The van der Waals surface area contributed by atoms with Crippen molar-refractivity contribution in [3.05, 3.63) is 119 Å². The molecule has 4 aromatic rings. The lowest BCUT2D eigenvalue weighted by molar-refractivity contribution is -0.118. The number of benzene rings is 4. The number of thioether (sulfide) groups is 1. The normalized spacial score (nSPS) is 11.3. The minimum atomic E-state index is -1.19.